The van der Waals surface area contributed by atoms with E-state index in [-0.39, 0.29) is 30.2 Å². The van der Waals surface area contributed by atoms with Crippen LogP contribution < -0.4 is 5.32 Å². The smallest absolute Gasteiger partial charge is 0.214 e. The van der Waals surface area contributed by atoms with Crippen molar-refractivity contribution in [3.8, 4) is 0 Å². The van der Waals surface area contributed by atoms with Crippen molar-refractivity contribution in [3.63, 3.8) is 0 Å². The van der Waals surface area contributed by atoms with Crippen LogP contribution in [0, 0.1) is 0 Å². The molecule has 2 aliphatic heterocycles. The molecule has 4 nitrogen and oxygen atoms in total. The predicted octanol–water partition coefficient (Wildman–Crippen LogP) is 1.36. The van der Waals surface area contributed by atoms with E-state index in [1.165, 1.54) is 6.42 Å². The van der Waals surface area contributed by atoms with E-state index in [0.29, 0.717) is 6.04 Å². The molecule has 0 aromatic carbocycles. The molecular weight excluding hydrogens is 260 g/mol. The molecule has 0 aromatic rings. The van der Waals surface area contributed by atoms with Crippen molar-refractivity contribution in [2.45, 2.75) is 57.2 Å². The largest absolute Gasteiger partial charge is 0.317 e. The van der Waals surface area contributed by atoms with Gasteiger partial charge < -0.3 is 5.32 Å². The van der Waals surface area contributed by atoms with Crippen LogP contribution in [0.5, 0.6) is 0 Å². The first kappa shape index (κ1) is 15.2. The fourth-order valence-electron chi connectivity index (χ4n) is 3.18. The lowest BCUT2D eigenvalue weighted by Gasteiger charge is -2.47. The second-order valence-corrected chi connectivity index (χ2v) is 7.09. The Kier molecular flexibility index (Phi) is 5.25. The third-order valence-electron chi connectivity index (χ3n) is 4.00. The van der Waals surface area contributed by atoms with Gasteiger partial charge in [-0.3, -0.25) is 0 Å². The third kappa shape index (κ3) is 2.95. The van der Waals surface area contributed by atoms with E-state index in [1.54, 1.807) is 6.92 Å². The van der Waals surface area contributed by atoms with E-state index in [1.807, 2.05) is 11.4 Å². The predicted molar refractivity (Wildman–Crippen MR) is 72.1 cm³/mol. The van der Waals surface area contributed by atoms with Gasteiger partial charge in [0.05, 0.1) is 5.75 Å². The lowest BCUT2D eigenvalue weighted by atomic mass is 9.84. The number of hydrogen-bond acceptors (Lipinski definition) is 3. The summed E-state index contributed by atoms with van der Waals surface area (Å²) in [5, 5.41) is 3.30. The molecule has 2 heterocycles. The molecule has 0 aromatic heterocycles. The average Bonchev–Trinajstić information content (AvgIpc) is 2.27. The molecule has 3 atom stereocenters. The van der Waals surface area contributed by atoms with Gasteiger partial charge >= 0.3 is 0 Å². The van der Waals surface area contributed by atoms with Crippen molar-refractivity contribution in [2.24, 2.45) is 0 Å². The van der Waals surface area contributed by atoms with Crippen LogP contribution in [0.1, 0.15) is 39.0 Å². The van der Waals surface area contributed by atoms with Crippen molar-refractivity contribution >= 4 is 22.4 Å². The number of nitrogens with one attached hydrogen (secondary N) is 1. The Morgan fingerprint density at radius 3 is 2.18 bits per heavy atom. The van der Waals surface area contributed by atoms with Crippen molar-refractivity contribution in [1.29, 1.82) is 0 Å². The van der Waals surface area contributed by atoms with E-state index in [9.17, 15) is 8.42 Å². The summed E-state index contributed by atoms with van der Waals surface area (Å²) in [4.78, 5) is 0. The van der Waals surface area contributed by atoms with Gasteiger partial charge in [0.25, 0.3) is 0 Å². The normalized spacial score (nSPS) is 34.1. The summed E-state index contributed by atoms with van der Waals surface area (Å²) in [6, 6.07) is 0.989. The Morgan fingerprint density at radius 2 is 1.76 bits per heavy atom. The molecule has 1 unspecified atom stereocenters. The first-order valence-corrected chi connectivity index (χ1v) is 7.88. The minimum absolute atomic E-state index is 0. The zero-order chi connectivity index (χ0) is 11.8. The van der Waals surface area contributed by atoms with Gasteiger partial charge in [-0.2, -0.15) is 4.31 Å². The number of fused-ring (bicyclic) bond motifs is 2. The van der Waals surface area contributed by atoms with Gasteiger partial charge in [0.2, 0.25) is 10.0 Å². The third-order valence-corrected chi connectivity index (χ3v) is 5.97. The molecule has 2 saturated heterocycles. The van der Waals surface area contributed by atoms with Crippen LogP contribution in [0.4, 0.5) is 0 Å². The summed E-state index contributed by atoms with van der Waals surface area (Å²) in [6.07, 6.45) is 5.21. The maximum atomic E-state index is 12.1. The zero-order valence-electron chi connectivity index (χ0n) is 10.6. The monoisotopic (exact) mass is 282 g/mol. The highest BCUT2D eigenvalue weighted by molar-refractivity contribution is 7.89. The fraction of sp³-hybridized carbons (Fsp3) is 1.00. The van der Waals surface area contributed by atoms with Gasteiger partial charge in [-0.15, -0.1) is 12.4 Å². The van der Waals surface area contributed by atoms with Crippen molar-refractivity contribution in [1.82, 2.24) is 9.62 Å². The Bertz CT molecular complexity index is 333. The van der Waals surface area contributed by atoms with Crippen molar-refractivity contribution in [2.75, 3.05) is 12.8 Å². The van der Waals surface area contributed by atoms with Crippen LogP contribution >= 0.6 is 12.4 Å². The molecule has 6 heteroatoms. The highest BCUT2D eigenvalue weighted by atomic mass is 35.5. The Morgan fingerprint density at radius 1 is 1.24 bits per heavy atom. The first-order chi connectivity index (χ1) is 7.58. The average molecular weight is 283 g/mol. The molecule has 2 bridgehead atoms. The highest BCUT2D eigenvalue weighted by Gasteiger charge is 2.43. The standard InChI is InChI=1S/C11H22N2O2S.ClH/c1-3-16(14,15)13-10-5-4-6-11(13)8-9(7-10)12-2;/h9-12H,3-8H2,1-2H3;1H/t9?,10-,11+;. The van der Waals surface area contributed by atoms with Crippen LogP contribution in [0.2, 0.25) is 0 Å². The number of halogens is 1. The van der Waals surface area contributed by atoms with Gasteiger partial charge in [-0.1, -0.05) is 6.42 Å². The Labute approximate surface area is 111 Å². The summed E-state index contributed by atoms with van der Waals surface area (Å²) < 4.78 is 26.0. The molecule has 0 aliphatic carbocycles. The number of rotatable bonds is 3. The van der Waals surface area contributed by atoms with E-state index >= 15 is 0 Å². The molecule has 0 saturated carbocycles. The van der Waals surface area contributed by atoms with Crippen molar-refractivity contribution in [3.05, 3.63) is 0 Å². The van der Waals surface area contributed by atoms with E-state index in [4.69, 9.17) is 0 Å². The number of nitrogens with zero attached hydrogens (tertiary/aromatic N) is 1. The van der Waals surface area contributed by atoms with E-state index in [0.717, 1.165) is 25.7 Å². The van der Waals surface area contributed by atoms with Gasteiger partial charge in [-0.05, 0) is 39.7 Å². The zero-order valence-corrected chi connectivity index (χ0v) is 12.2. The number of piperidine rings is 2. The topological polar surface area (TPSA) is 49.4 Å². The lowest BCUT2D eigenvalue weighted by molar-refractivity contribution is 0.102. The van der Waals surface area contributed by atoms with Crippen molar-refractivity contribution < 1.29 is 8.42 Å². The molecule has 102 valence electrons. The molecule has 2 fully saturated rings. The summed E-state index contributed by atoms with van der Waals surface area (Å²) in [7, 11) is -1.03. The molecule has 0 amide bonds. The molecule has 0 radical (unpaired) electrons. The summed E-state index contributed by atoms with van der Waals surface area (Å²) in [6.45, 7) is 1.75. The molecule has 0 spiro atoms. The summed E-state index contributed by atoms with van der Waals surface area (Å²) in [5.74, 6) is 0.240. The number of sulfonamides is 1. The van der Waals surface area contributed by atoms with Crippen LogP contribution in [-0.4, -0.2) is 43.6 Å². The number of hydrogen-bond donors (Lipinski definition) is 1. The lowest BCUT2D eigenvalue weighted by Crippen LogP contribution is -2.58. The van der Waals surface area contributed by atoms with Gasteiger partial charge in [0, 0.05) is 18.1 Å². The maximum absolute atomic E-state index is 12.1. The quantitative estimate of drug-likeness (QED) is 0.850. The van der Waals surface area contributed by atoms with E-state index in [2.05, 4.69) is 5.32 Å². The first-order valence-electron chi connectivity index (χ1n) is 6.27. The minimum atomic E-state index is -3.01. The SMILES string of the molecule is CCS(=O)(=O)N1[C@@H]2CCC[C@H]1CC(NC)C2.Cl. The maximum Gasteiger partial charge on any atom is 0.214 e. The van der Waals surface area contributed by atoms with Gasteiger partial charge in [0.15, 0.2) is 0 Å². The van der Waals surface area contributed by atoms with Crippen LogP contribution in [0.3, 0.4) is 0 Å². The Balaban J connectivity index is 0.00000144. The van der Waals surface area contributed by atoms with Crippen LogP contribution in [0.25, 0.3) is 0 Å². The van der Waals surface area contributed by atoms with E-state index < -0.39 is 10.0 Å². The van der Waals surface area contributed by atoms with Crippen LogP contribution in [0.15, 0.2) is 0 Å². The Hall–Kier alpha value is 0.160. The molecule has 1 N–H and O–H groups in total. The minimum Gasteiger partial charge on any atom is -0.317 e. The fourth-order valence-corrected chi connectivity index (χ4v) is 4.77. The molecular formula is C11H23ClN2O2S. The summed E-state index contributed by atoms with van der Waals surface area (Å²) >= 11 is 0. The molecule has 2 aliphatic rings. The van der Waals surface area contributed by atoms with Crippen LogP contribution in [-0.2, 0) is 10.0 Å². The van der Waals surface area contributed by atoms with Gasteiger partial charge in [-0.25, -0.2) is 8.42 Å². The second-order valence-electron chi connectivity index (χ2n) is 4.93. The highest BCUT2D eigenvalue weighted by Crippen LogP contribution is 2.36. The molecule has 17 heavy (non-hydrogen) atoms. The van der Waals surface area contributed by atoms with Gasteiger partial charge in [0.1, 0.15) is 0 Å². The molecule has 2 rings (SSSR count). The second kappa shape index (κ2) is 5.87. The summed E-state index contributed by atoms with van der Waals surface area (Å²) in [5.41, 5.74) is 0.